The van der Waals surface area contributed by atoms with Gasteiger partial charge in [0.15, 0.2) is 0 Å². The number of hydrogen-bond donors (Lipinski definition) is 0. The Morgan fingerprint density at radius 2 is 2.24 bits per heavy atom. The first-order valence-electron chi connectivity index (χ1n) is 5.59. The van der Waals surface area contributed by atoms with Gasteiger partial charge in [-0.2, -0.15) is 4.31 Å². The van der Waals surface area contributed by atoms with E-state index in [4.69, 9.17) is 0 Å². The highest BCUT2D eigenvalue weighted by molar-refractivity contribution is 7.91. The van der Waals surface area contributed by atoms with Gasteiger partial charge >= 0.3 is 0 Å². The number of sulfonamides is 1. The van der Waals surface area contributed by atoms with E-state index in [0.29, 0.717) is 17.2 Å². The molecule has 1 aromatic rings. The molecule has 0 aromatic carbocycles. The van der Waals surface area contributed by atoms with Gasteiger partial charge in [0.2, 0.25) is 0 Å². The number of hydrogen-bond acceptors (Lipinski definition) is 4. The zero-order valence-electron chi connectivity index (χ0n) is 9.63. The molecule has 2 heterocycles. The maximum absolute atomic E-state index is 12.3. The SMILES string of the molecule is CC(=O)C1CCCCN1S(=O)(=O)c1cccs1. The number of ketones is 1. The minimum absolute atomic E-state index is 0.0650. The summed E-state index contributed by atoms with van der Waals surface area (Å²) in [5.41, 5.74) is 0. The highest BCUT2D eigenvalue weighted by Crippen LogP contribution is 2.28. The van der Waals surface area contributed by atoms with Crippen LogP contribution in [0.2, 0.25) is 0 Å². The van der Waals surface area contributed by atoms with Gasteiger partial charge in [0.05, 0.1) is 6.04 Å². The van der Waals surface area contributed by atoms with Crippen LogP contribution in [0.3, 0.4) is 0 Å². The van der Waals surface area contributed by atoms with Crippen molar-refractivity contribution in [1.29, 1.82) is 0 Å². The van der Waals surface area contributed by atoms with E-state index in [-0.39, 0.29) is 5.78 Å². The lowest BCUT2D eigenvalue weighted by molar-refractivity contribution is -0.121. The van der Waals surface area contributed by atoms with Crippen LogP contribution in [0.1, 0.15) is 26.2 Å². The molecule has 1 aromatic heterocycles. The van der Waals surface area contributed by atoms with Crippen LogP contribution in [0.4, 0.5) is 0 Å². The molecule has 2 rings (SSSR count). The molecule has 1 fully saturated rings. The van der Waals surface area contributed by atoms with Gasteiger partial charge < -0.3 is 0 Å². The summed E-state index contributed by atoms with van der Waals surface area (Å²) in [6.45, 7) is 1.91. The van der Waals surface area contributed by atoms with E-state index in [1.165, 1.54) is 22.6 Å². The zero-order valence-corrected chi connectivity index (χ0v) is 11.3. The predicted octanol–water partition coefficient (Wildman–Crippen LogP) is 1.88. The standard InChI is InChI=1S/C11H15NO3S2/c1-9(13)10-5-2-3-7-12(10)17(14,15)11-6-4-8-16-11/h4,6,8,10H,2-3,5,7H2,1H3. The molecule has 1 aliphatic rings. The van der Waals surface area contributed by atoms with Crippen molar-refractivity contribution < 1.29 is 13.2 Å². The maximum Gasteiger partial charge on any atom is 0.253 e. The van der Waals surface area contributed by atoms with Crippen LogP contribution in [0.15, 0.2) is 21.7 Å². The van der Waals surface area contributed by atoms with Gasteiger partial charge in [0.1, 0.15) is 9.99 Å². The minimum Gasteiger partial charge on any atom is -0.298 e. The molecule has 0 bridgehead atoms. The fourth-order valence-corrected chi connectivity index (χ4v) is 4.95. The Morgan fingerprint density at radius 3 is 2.82 bits per heavy atom. The third-order valence-corrected chi connectivity index (χ3v) is 6.26. The van der Waals surface area contributed by atoms with Gasteiger partial charge in [-0.25, -0.2) is 8.42 Å². The number of Topliss-reactive ketones (excluding diaryl/α,β-unsaturated/α-hetero) is 1. The molecule has 94 valence electrons. The lowest BCUT2D eigenvalue weighted by Crippen LogP contribution is -2.46. The summed E-state index contributed by atoms with van der Waals surface area (Å²) in [7, 11) is -3.48. The summed E-state index contributed by atoms with van der Waals surface area (Å²) in [6.07, 6.45) is 2.38. The van der Waals surface area contributed by atoms with Crippen molar-refractivity contribution in [3.63, 3.8) is 0 Å². The fraction of sp³-hybridized carbons (Fsp3) is 0.545. The first kappa shape index (κ1) is 12.7. The van der Waals surface area contributed by atoms with Crippen molar-refractivity contribution in [2.24, 2.45) is 0 Å². The Balaban J connectivity index is 2.34. The fourth-order valence-electron chi connectivity index (χ4n) is 2.12. The van der Waals surface area contributed by atoms with Crippen molar-refractivity contribution in [2.45, 2.75) is 36.4 Å². The van der Waals surface area contributed by atoms with Crippen molar-refractivity contribution in [1.82, 2.24) is 4.31 Å². The van der Waals surface area contributed by atoms with Gasteiger partial charge in [-0.15, -0.1) is 11.3 Å². The normalized spacial score (nSPS) is 22.5. The average molecular weight is 273 g/mol. The van der Waals surface area contributed by atoms with Crippen LogP contribution in [-0.2, 0) is 14.8 Å². The summed E-state index contributed by atoms with van der Waals surface area (Å²) < 4.78 is 26.4. The first-order valence-corrected chi connectivity index (χ1v) is 7.91. The largest absolute Gasteiger partial charge is 0.298 e. The molecule has 6 heteroatoms. The number of piperidine rings is 1. The molecule has 0 N–H and O–H groups in total. The second-order valence-electron chi connectivity index (χ2n) is 4.17. The second-order valence-corrected chi connectivity index (χ2v) is 7.24. The van der Waals surface area contributed by atoms with Crippen LogP contribution < -0.4 is 0 Å². The molecule has 0 amide bonds. The van der Waals surface area contributed by atoms with Crippen molar-refractivity contribution in [3.8, 4) is 0 Å². The Bertz CT molecular complexity index is 493. The molecule has 1 saturated heterocycles. The molecule has 0 aliphatic carbocycles. The zero-order chi connectivity index (χ0) is 12.5. The molecule has 1 atom stereocenters. The van der Waals surface area contributed by atoms with Gasteiger partial charge in [0.25, 0.3) is 10.0 Å². The maximum atomic E-state index is 12.3. The monoisotopic (exact) mass is 273 g/mol. The van der Waals surface area contributed by atoms with E-state index in [2.05, 4.69) is 0 Å². The van der Waals surface area contributed by atoms with Gasteiger partial charge in [-0.3, -0.25) is 4.79 Å². The summed E-state index contributed by atoms with van der Waals surface area (Å²) in [5.74, 6) is -0.0650. The minimum atomic E-state index is -3.48. The van der Waals surface area contributed by atoms with Crippen molar-refractivity contribution in [3.05, 3.63) is 17.5 Å². The summed E-state index contributed by atoms with van der Waals surface area (Å²) in [6, 6.07) is 2.83. The van der Waals surface area contributed by atoms with E-state index in [9.17, 15) is 13.2 Å². The van der Waals surface area contributed by atoms with Gasteiger partial charge in [-0.1, -0.05) is 12.5 Å². The smallest absolute Gasteiger partial charge is 0.253 e. The Morgan fingerprint density at radius 1 is 1.47 bits per heavy atom. The number of carbonyl (C=O) groups is 1. The van der Waals surface area contributed by atoms with Crippen molar-refractivity contribution in [2.75, 3.05) is 6.54 Å². The number of rotatable bonds is 3. The lowest BCUT2D eigenvalue weighted by atomic mass is 10.0. The number of thiophene rings is 1. The third kappa shape index (κ3) is 2.43. The van der Waals surface area contributed by atoms with Crippen LogP contribution in [-0.4, -0.2) is 31.1 Å². The van der Waals surface area contributed by atoms with E-state index in [1.807, 2.05) is 0 Å². The van der Waals surface area contributed by atoms with Crippen LogP contribution in [0.25, 0.3) is 0 Å². The van der Waals surface area contributed by atoms with E-state index in [0.717, 1.165) is 12.8 Å². The second kappa shape index (κ2) is 4.88. The van der Waals surface area contributed by atoms with Crippen LogP contribution in [0.5, 0.6) is 0 Å². The van der Waals surface area contributed by atoms with Crippen LogP contribution >= 0.6 is 11.3 Å². The summed E-state index contributed by atoms with van der Waals surface area (Å²) >= 11 is 1.20. The Hall–Kier alpha value is -0.720. The lowest BCUT2D eigenvalue weighted by Gasteiger charge is -2.32. The van der Waals surface area contributed by atoms with Crippen LogP contribution in [0, 0.1) is 0 Å². The third-order valence-electron chi connectivity index (χ3n) is 2.98. The molecule has 0 saturated carbocycles. The number of nitrogens with zero attached hydrogens (tertiary/aromatic N) is 1. The van der Waals surface area contributed by atoms with Gasteiger partial charge in [-0.05, 0) is 31.2 Å². The Labute approximate surface area is 105 Å². The molecule has 4 nitrogen and oxygen atoms in total. The highest BCUT2D eigenvalue weighted by Gasteiger charge is 2.36. The highest BCUT2D eigenvalue weighted by atomic mass is 32.2. The summed E-state index contributed by atoms with van der Waals surface area (Å²) in [4.78, 5) is 11.5. The first-order chi connectivity index (χ1) is 8.03. The molecule has 1 unspecified atom stereocenters. The molecular formula is C11H15NO3S2. The molecule has 0 spiro atoms. The predicted molar refractivity (Wildman–Crippen MR) is 66.5 cm³/mol. The van der Waals surface area contributed by atoms with E-state index < -0.39 is 16.1 Å². The molecule has 0 radical (unpaired) electrons. The molecular weight excluding hydrogens is 258 g/mol. The topological polar surface area (TPSA) is 54.5 Å². The summed E-state index contributed by atoms with van der Waals surface area (Å²) in [5, 5.41) is 1.74. The van der Waals surface area contributed by atoms with Gasteiger partial charge in [0, 0.05) is 6.54 Å². The van der Waals surface area contributed by atoms with E-state index >= 15 is 0 Å². The van der Waals surface area contributed by atoms with E-state index in [1.54, 1.807) is 17.5 Å². The molecule has 17 heavy (non-hydrogen) atoms. The number of carbonyl (C=O) groups excluding carboxylic acids is 1. The quantitative estimate of drug-likeness (QED) is 0.845. The Kier molecular flexibility index (Phi) is 3.65. The molecule has 1 aliphatic heterocycles. The average Bonchev–Trinajstić information content (AvgIpc) is 2.83. The van der Waals surface area contributed by atoms with Crippen molar-refractivity contribution >= 4 is 27.1 Å².